The molecular weight excluding hydrogens is 490 g/mol. The molecule has 1 aliphatic heterocycles. The number of aromatic hydroxyl groups is 1. The Morgan fingerprint density at radius 1 is 0.974 bits per heavy atom. The fraction of sp³-hybridized carbons (Fsp3) is 0.758. The molecule has 1 aliphatic rings. The van der Waals surface area contributed by atoms with Crippen LogP contribution in [-0.2, 0) is 29.9 Å². The first-order chi connectivity index (χ1) is 17.7. The van der Waals surface area contributed by atoms with Crippen molar-refractivity contribution in [2.45, 2.75) is 142 Å². The summed E-state index contributed by atoms with van der Waals surface area (Å²) in [4.78, 5) is 29.6. The Morgan fingerprint density at radius 2 is 1.44 bits per heavy atom. The average Bonchev–Trinajstić information content (AvgIpc) is 2.78. The molecule has 222 valence electrons. The fourth-order valence-corrected chi connectivity index (χ4v) is 6.12. The van der Waals surface area contributed by atoms with E-state index in [0.29, 0.717) is 19.3 Å². The Hall–Kier alpha value is -2.08. The highest BCUT2D eigenvalue weighted by atomic mass is 16.6. The Labute approximate surface area is 237 Å². The molecule has 6 heteroatoms. The molecule has 6 nitrogen and oxygen atoms in total. The molecule has 0 spiro atoms. The van der Waals surface area contributed by atoms with Gasteiger partial charge < -0.3 is 14.6 Å². The number of nitrogens with zero attached hydrogens (tertiary/aromatic N) is 1. The number of esters is 2. The van der Waals surface area contributed by atoms with Crippen LogP contribution in [0.3, 0.4) is 0 Å². The van der Waals surface area contributed by atoms with Gasteiger partial charge in [-0.3, -0.25) is 14.5 Å². The van der Waals surface area contributed by atoms with Crippen LogP contribution in [0.5, 0.6) is 5.75 Å². The van der Waals surface area contributed by atoms with Crippen molar-refractivity contribution in [1.29, 1.82) is 0 Å². The number of methoxy groups -OCH3 is 1. The smallest absolute Gasteiger partial charge is 0.321 e. The first kappa shape index (κ1) is 33.1. The van der Waals surface area contributed by atoms with Crippen molar-refractivity contribution in [3.63, 3.8) is 0 Å². The summed E-state index contributed by atoms with van der Waals surface area (Å²) in [7, 11) is 3.44. The van der Waals surface area contributed by atoms with Crippen molar-refractivity contribution in [2.75, 3.05) is 14.2 Å². The van der Waals surface area contributed by atoms with E-state index in [1.807, 2.05) is 12.1 Å². The topological polar surface area (TPSA) is 76.1 Å². The van der Waals surface area contributed by atoms with E-state index in [2.05, 4.69) is 88.1 Å². The maximum Gasteiger partial charge on any atom is 0.321 e. The van der Waals surface area contributed by atoms with E-state index in [-0.39, 0.29) is 33.8 Å². The predicted molar refractivity (Wildman–Crippen MR) is 158 cm³/mol. The molecule has 1 heterocycles. The Kier molecular flexibility index (Phi) is 10.0. The summed E-state index contributed by atoms with van der Waals surface area (Å²) >= 11 is 0. The van der Waals surface area contributed by atoms with Gasteiger partial charge in [0, 0.05) is 29.8 Å². The minimum Gasteiger partial charge on any atom is -0.507 e. The number of benzene rings is 1. The zero-order chi connectivity index (χ0) is 30.1. The number of carbonyl (C=O) groups is 2. The van der Waals surface area contributed by atoms with Crippen molar-refractivity contribution in [1.82, 2.24) is 4.90 Å². The van der Waals surface area contributed by atoms with Crippen LogP contribution in [0, 0.1) is 5.92 Å². The van der Waals surface area contributed by atoms with Crippen molar-refractivity contribution in [3.8, 4) is 5.75 Å². The minimum absolute atomic E-state index is 0.157. The third-order valence-electron chi connectivity index (χ3n) is 8.71. The van der Waals surface area contributed by atoms with Gasteiger partial charge in [0.05, 0.1) is 7.11 Å². The van der Waals surface area contributed by atoms with E-state index in [4.69, 9.17) is 9.47 Å². The zero-order valence-corrected chi connectivity index (χ0v) is 26.9. The number of unbranched alkanes of at least 4 members (excludes halogenated alkanes) is 1. The molecular formula is C33H55NO5. The standard InChI is InChI=1S/C33H55NO5/c1-14-15-16-23(21-17-24(30(2,3)4)27(35)25(18-21)31(5,6)7)26(28(36)38-13)29(37)39-22-19-32(8,9)34(12)33(10,11)20-22/h17-18,22-23,26,35H,14-16,19-20H2,1-13H3. The number of piperidine rings is 1. The minimum atomic E-state index is -1.09. The molecule has 0 radical (unpaired) electrons. The van der Waals surface area contributed by atoms with Crippen LogP contribution >= 0.6 is 0 Å². The maximum atomic E-state index is 13.9. The van der Waals surface area contributed by atoms with Gasteiger partial charge in [0.2, 0.25) is 0 Å². The van der Waals surface area contributed by atoms with Gasteiger partial charge in [-0.15, -0.1) is 0 Å². The van der Waals surface area contributed by atoms with E-state index >= 15 is 0 Å². The van der Waals surface area contributed by atoms with E-state index in [0.717, 1.165) is 29.5 Å². The lowest BCUT2D eigenvalue weighted by atomic mass is 9.74. The third kappa shape index (κ3) is 7.56. The van der Waals surface area contributed by atoms with Gasteiger partial charge in [-0.1, -0.05) is 73.4 Å². The lowest BCUT2D eigenvalue weighted by molar-refractivity contribution is -0.171. The molecule has 39 heavy (non-hydrogen) atoms. The molecule has 2 unspecified atom stereocenters. The van der Waals surface area contributed by atoms with E-state index in [1.54, 1.807) is 0 Å². The van der Waals surface area contributed by atoms with Crippen LogP contribution in [0.25, 0.3) is 0 Å². The molecule has 0 amide bonds. The van der Waals surface area contributed by atoms with Crippen molar-refractivity contribution >= 4 is 11.9 Å². The monoisotopic (exact) mass is 545 g/mol. The summed E-state index contributed by atoms with van der Waals surface area (Å²) in [5.74, 6) is -2.33. The van der Waals surface area contributed by atoms with Crippen molar-refractivity contribution in [3.05, 3.63) is 28.8 Å². The van der Waals surface area contributed by atoms with Crippen LogP contribution in [-0.4, -0.2) is 53.3 Å². The molecule has 1 saturated heterocycles. The largest absolute Gasteiger partial charge is 0.507 e. The highest BCUT2D eigenvalue weighted by Crippen LogP contribution is 2.44. The molecule has 2 atom stereocenters. The Morgan fingerprint density at radius 3 is 1.82 bits per heavy atom. The van der Waals surface area contributed by atoms with Crippen LogP contribution < -0.4 is 0 Å². The highest BCUT2D eigenvalue weighted by Gasteiger charge is 2.46. The lowest BCUT2D eigenvalue weighted by Gasteiger charge is -2.53. The number of ether oxygens (including phenoxy) is 2. The van der Waals surface area contributed by atoms with Crippen molar-refractivity contribution < 1.29 is 24.2 Å². The predicted octanol–water partition coefficient (Wildman–Crippen LogP) is 7.24. The summed E-state index contributed by atoms with van der Waals surface area (Å²) in [5, 5.41) is 11.3. The SMILES string of the molecule is CCCCC(c1cc(C(C)(C)C)c(O)c(C(C)(C)C)c1)C(C(=O)OC)C(=O)OC1CC(C)(C)N(C)C(C)(C)C1. The van der Waals surface area contributed by atoms with E-state index < -0.39 is 23.8 Å². The summed E-state index contributed by atoms with van der Waals surface area (Å²) in [6, 6.07) is 3.96. The number of carbonyl (C=O) groups excluding carboxylic acids is 2. The van der Waals surface area contributed by atoms with E-state index in [9.17, 15) is 14.7 Å². The molecule has 1 fully saturated rings. The number of rotatable bonds is 8. The van der Waals surface area contributed by atoms with Gasteiger partial charge in [-0.05, 0) is 68.7 Å². The highest BCUT2D eigenvalue weighted by molar-refractivity contribution is 5.96. The quantitative estimate of drug-likeness (QED) is 0.274. The molecule has 0 bridgehead atoms. The third-order valence-corrected chi connectivity index (χ3v) is 8.71. The summed E-state index contributed by atoms with van der Waals surface area (Å²) in [5.41, 5.74) is 1.51. The van der Waals surface area contributed by atoms with Gasteiger partial charge in [0.1, 0.15) is 11.9 Å². The number of hydrogen-bond donors (Lipinski definition) is 1. The molecule has 2 rings (SSSR count). The van der Waals surface area contributed by atoms with Crippen LogP contribution in [0.1, 0.15) is 131 Å². The number of phenolic OH excluding ortho intramolecular Hbond substituents is 1. The first-order valence-electron chi connectivity index (χ1n) is 14.6. The van der Waals surface area contributed by atoms with Crippen LogP contribution in [0.2, 0.25) is 0 Å². The molecule has 0 aromatic heterocycles. The number of likely N-dealkylation sites (tertiary alicyclic amines) is 1. The Bertz CT molecular complexity index is 975. The summed E-state index contributed by atoms with van der Waals surface area (Å²) in [6.45, 7) is 23.1. The lowest BCUT2D eigenvalue weighted by Crippen LogP contribution is -2.60. The molecule has 0 saturated carbocycles. The number of hydrogen-bond acceptors (Lipinski definition) is 6. The molecule has 0 aliphatic carbocycles. The molecule has 1 aromatic rings. The molecule has 1 N–H and O–H groups in total. The van der Waals surface area contributed by atoms with Crippen molar-refractivity contribution in [2.24, 2.45) is 5.92 Å². The average molecular weight is 546 g/mol. The second-order valence-electron chi connectivity index (χ2n) is 14.9. The van der Waals surface area contributed by atoms with Gasteiger partial charge >= 0.3 is 11.9 Å². The first-order valence-corrected chi connectivity index (χ1v) is 14.6. The second kappa shape index (κ2) is 11.8. The summed E-state index contributed by atoms with van der Waals surface area (Å²) < 4.78 is 11.4. The zero-order valence-electron chi connectivity index (χ0n) is 26.9. The molecule has 1 aromatic carbocycles. The van der Waals surface area contributed by atoms with Crippen LogP contribution in [0.15, 0.2) is 12.1 Å². The number of phenols is 1. The van der Waals surface area contributed by atoms with Gasteiger partial charge in [-0.2, -0.15) is 0 Å². The maximum absolute atomic E-state index is 13.9. The Balaban J connectivity index is 2.63. The summed E-state index contributed by atoms with van der Waals surface area (Å²) in [6.07, 6.45) is 3.48. The van der Waals surface area contributed by atoms with E-state index in [1.165, 1.54) is 7.11 Å². The van der Waals surface area contributed by atoms with Crippen LogP contribution in [0.4, 0.5) is 0 Å². The normalized spacial score (nSPS) is 19.8. The van der Waals surface area contributed by atoms with Gasteiger partial charge in [0.15, 0.2) is 5.92 Å². The van der Waals surface area contributed by atoms with Gasteiger partial charge in [0.25, 0.3) is 0 Å². The second-order valence-corrected chi connectivity index (χ2v) is 14.9. The van der Waals surface area contributed by atoms with Gasteiger partial charge in [-0.25, -0.2) is 0 Å². The fourth-order valence-electron chi connectivity index (χ4n) is 6.12.